The number of carbonyl (C=O) groups excluding carboxylic acids is 1. The standard InChI is InChI=1S/C24H22N2O2S/c1-16-23(29-2)21-14-19(18-8-4-3-5-9-18)11-12-22(21)26(16)15-17-7-6-10-20(13-17)24(27)25-28/h3-14,28H,15H2,1-2H3,(H,25,27). The van der Waals surface area contributed by atoms with Gasteiger partial charge in [-0.05, 0) is 54.1 Å². The van der Waals surface area contributed by atoms with Crippen LogP contribution in [0.15, 0.2) is 77.7 Å². The van der Waals surface area contributed by atoms with Gasteiger partial charge >= 0.3 is 0 Å². The van der Waals surface area contributed by atoms with Crippen LogP contribution in [0, 0.1) is 6.92 Å². The van der Waals surface area contributed by atoms with Crippen molar-refractivity contribution >= 4 is 28.6 Å². The fourth-order valence-corrected chi connectivity index (χ4v) is 4.57. The Morgan fingerprint density at radius 3 is 2.52 bits per heavy atom. The molecule has 5 heteroatoms. The lowest BCUT2D eigenvalue weighted by molar-refractivity contribution is 0.0706. The maximum atomic E-state index is 11.7. The Morgan fingerprint density at radius 1 is 1.00 bits per heavy atom. The summed E-state index contributed by atoms with van der Waals surface area (Å²) in [4.78, 5) is 13.0. The molecule has 1 amide bonds. The van der Waals surface area contributed by atoms with Crippen molar-refractivity contribution < 1.29 is 10.0 Å². The van der Waals surface area contributed by atoms with Gasteiger partial charge in [0.05, 0.1) is 0 Å². The molecule has 0 radical (unpaired) electrons. The molecule has 0 unspecified atom stereocenters. The minimum Gasteiger partial charge on any atom is -0.339 e. The van der Waals surface area contributed by atoms with Gasteiger partial charge in [-0.15, -0.1) is 11.8 Å². The van der Waals surface area contributed by atoms with Crippen LogP contribution in [-0.2, 0) is 6.54 Å². The molecule has 0 bridgehead atoms. The Morgan fingerprint density at radius 2 is 1.79 bits per heavy atom. The van der Waals surface area contributed by atoms with E-state index in [1.807, 2.05) is 24.3 Å². The highest BCUT2D eigenvalue weighted by molar-refractivity contribution is 7.98. The second kappa shape index (κ2) is 8.15. The fraction of sp³-hybridized carbons (Fsp3) is 0.125. The van der Waals surface area contributed by atoms with Gasteiger partial charge in [0, 0.05) is 33.6 Å². The number of aromatic nitrogens is 1. The molecule has 1 aromatic heterocycles. The molecule has 29 heavy (non-hydrogen) atoms. The average Bonchev–Trinajstić information content (AvgIpc) is 3.04. The highest BCUT2D eigenvalue weighted by Gasteiger charge is 2.15. The van der Waals surface area contributed by atoms with E-state index in [2.05, 4.69) is 60.2 Å². The molecule has 0 aliphatic rings. The predicted octanol–water partition coefficient (Wildman–Crippen LogP) is 5.51. The quantitative estimate of drug-likeness (QED) is 0.263. The van der Waals surface area contributed by atoms with Crippen molar-refractivity contribution in [3.63, 3.8) is 0 Å². The first-order valence-corrected chi connectivity index (χ1v) is 10.6. The second-order valence-corrected chi connectivity index (χ2v) is 7.76. The first-order chi connectivity index (χ1) is 14.1. The number of nitrogens with zero attached hydrogens (tertiary/aromatic N) is 1. The number of hydroxylamine groups is 1. The van der Waals surface area contributed by atoms with E-state index in [9.17, 15) is 4.79 Å². The average molecular weight is 403 g/mol. The lowest BCUT2D eigenvalue weighted by Crippen LogP contribution is -2.18. The highest BCUT2D eigenvalue weighted by Crippen LogP contribution is 2.36. The van der Waals surface area contributed by atoms with Gasteiger partial charge in [0.25, 0.3) is 5.91 Å². The first-order valence-electron chi connectivity index (χ1n) is 9.38. The highest BCUT2D eigenvalue weighted by atomic mass is 32.2. The van der Waals surface area contributed by atoms with Crippen LogP contribution >= 0.6 is 11.8 Å². The molecular formula is C24H22N2O2S. The van der Waals surface area contributed by atoms with Gasteiger partial charge in [-0.1, -0.05) is 48.5 Å². The third-order valence-corrected chi connectivity index (χ3v) is 6.13. The molecule has 146 valence electrons. The van der Waals surface area contributed by atoms with Crippen molar-refractivity contribution in [3.05, 3.63) is 89.6 Å². The Kier molecular flexibility index (Phi) is 5.43. The molecule has 0 saturated carbocycles. The van der Waals surface area contributed by atoms with Gasteiger partial charge in [-0.3, -0.25) is 10.0 Å². The summed E-state index contributed by atoms with van der Waals surface area (Å²) in [7, 11) is 0. The van der Waals surface area contributed by atoms with Gasteiger partial charge < -0.3 is 4.57 Å². The van der Waals surface area contributed by atoms with E-state index in [0.717, 1.165) is 5.56 Å². The number of carbonyl (C=O) groups is 1. The SMILES string of the molecule is CSc1c(C)n(Cc2cccc(C(=O)NO)c2)c2ccc(-c3ccccc3)cc12. The smallest absolute Gasteiger partial charge is 0.274 e. The van der Waals surface area contributed by atoms with E-state index in [-0.39, 0.29) is 0 Å². The summed E-state index contributed by atoms with van der Waals surface area (Å²) >= 11 is 1.75. The molecule has 4 rings (SSSR count). The lowest BCUT2D eigenvalue weighted by Gasteiger charge is -2.10. The Hall–Kier alpha value is -3.02. The van der Waals surface area contributed by atoms with Crippen LogP contribution in [-0.4, -0.2) is 21.9 Å². The minimum atomic E-state index is -0.502. The fourth-order valence-electron chi connectivity index (χ4n) is 3.78. The van der Waals surface area contributed by atoms with Gasteiger partial charge in [0.2, 0.25) is 0 Å². The number of hydrogen-bond acceptors (Lipinski definition) is 3. The molecular weight excluding hydrogens is 380 g/mol. The number of thioether (sulfide) groups is 1. The topological polar surface area (TPSA) is 54.3 Å². The Balaban J connectivity index is 1.79. The zero-order valence-corrected chi connectivity index (χ0v) is 17.2. The summed E-state index contributed by atoms with van der Waals surface area (Å²) in [5, 5.41) is 10.1. The number of rotatable bonds is 5. The zero-order chi connectivity index (χ0) is 20.4. The van der Waals surface area contributed by atoms with Crippen LogP contribution in [0.2, 0.25) is 0 Å². The summed E-state index contributed by atoms with van der Waals surface area (Å²) in [6, 6.07) is 24.3. The van der Waals surface area contributed by atoms with Crippen molar-refractivity contribution in [1.29, 1.82) is 0 Å². The number of fused-ring (bicyclic) bond motifs is 1. The molecule has 1 heterocycles. The summed E-state index contributed by atoms with van der Waals surface area (Å²) < 4.78 is 2.28. The van der Waals surface area contributed by atoms with E-state index in [4.69, 9.17) is 5.21 Å². The second-order valence-electron chi connectivity index (χ2n) is 6.94. The molecule has 2 N–H and O–H groups in total. The molecule has 0 atom stereocenters. The third-order valence-electron chi connectivity index (χ3n) is 5.21. The predicted molar refractivity (Wildman–Crippen MR) is 119 cm³/mol. The number of nitrogens with one attached hydrogen (secondary N) is 1. The lowest BCUT2D eigenvalue weighted by atomic mass is 10.0. The van der Waals surface area contributed by atoms with Gasteiger partial charge in [0.15, 0.2) is 0 Å². The summed E-state index contributed by atoms with van der Waals surface area (Å²) in [6.07, 6.45) is 2.10. The third kappa shape index (κ3) is 3.67. The normalized spacial score (nSPS) is 11.0. The number of hydrogen-bond donors (Lipinski definition) is 2. The number of amides is 1. The van der Waals surface area contributed by atoms with Crippen molar-refractivity contribution in [1.82, 2.24) is 10.0 Å². The summed E-state index contributed by atoms with van der Waals surface area (Å²) in [5.41, 5.74) is 7.92. The van der Waals surface area contributed by atoms with Crippen molar-refractivity contribution in [2.45, 2.75) is 18.4 Å². The Bertz CT molecular complexity index is 1180. The molecule has 0 spiro atoms. The number of benzene rings is 3. The maximum Gasteiger partial charge on any atom is 0.274 e. The van der Waals surface area contributed by atoms with Gasteiger partial charge in [0.1, 0.15) is 0 Å². The maximum absolute atomic E-state index is 11.7. The van der Waals surface area contributed by atoms with Crippen molar-refractivity contribution in [2.75, 3.05) is 6.26 Å². The molecule has 0 aliphatic heterocycles. The van der Waals surface area contributed by atoms with E-state index < -0.39 is 5.91 Å². The molecule has 0 saturated heterocycles. The van der Waals surface area contributed by atoms with Crippen LogP contribution in [0.5, 0.6) is 0 Å². The first kappa shape index (κ1) is 19.3. The molecule has 4 nitrogen and oxygen atoms in total. The van der Waals surface area contributed by atoms with Crippen molar-refractivity contribution in [2.24, 2.45) is 0 Å². The summed E-state index contributed by atoms with van der Waals surface area (Å²) in [5.74, 6) is -0.502. The largest absolute Gasteiger partial charge is 0.339 e. The van der Waals surface area contributed by atoms with E-state index in [0.29, 0.717) is 12.1 Å². The molecule has 0 fully saturated rings. The zero-order valence-electron chi connectivity index (χ0n) is 16.3. The van der Waals surface area contributed by atoms with Crippen LogP contribution in [0.4, 0.5) is 0 Å². The van der Waals surface area contributed by atoms with E-state index in [1.165, 1.54) is 32.6 Å². The van der Waals surface area contributed by atoms with E-state index in [1.54, 1.807) is 23.3 Å². The van der Waals surface area contributed by atoms with Gasteiger partial charge in [-0.2, -0.15) is 0 Å². The Labute approximate surface area is 174 Å². The summed E-state index contributed by atoms with van der Waals surface area (Å²) in [6.45, 7) is 2.79. The van der Waals surface area contributed by atoms with Crippen LogP contribution in [0.3, 0.4) is 0 Å². The molecule has 0 aliphatic carbocycles. The minimum absolute atomic E-state index is 0.440. The van der Waals surface area contributed by atoms with Crippen molar-refractivity contribution in [3.8, 4) is 11.1 Å². The van der Waals surface area contributed by atoms with Gasteiger partial charge in [-0.25, -0.2) is 5.48 Å². The van der Waals surface area contributed by atoms with Crippen LogP contribution < -0.4 is 5.48 Å². The molecule has 4 aromatic rings. The van der Waals surface area contributed by atoms with Crippen LogP contribution in [0.25, 0.3) is 22.0 Å². The monoisotopic (exact) mass is 402 g/mol. The van der Waals surface area contributed by atoms with E-state index >= 15 is 0 Å². The molecule has 3 aromatic carbocycles. The van der Waals surface area contributed by atoms with Crippen LogP contribution in [0.1, 0.15) is 21.6 Å².